The van der Waals surface area contributed by atoms with Crippen LogP contribution in [-0.4, -0.2) is 0 Å². The molecule has 0 spiro atoms. The Hall–Kier alpha value is -1.82. The van der Waals surface area contributed by atoms with Crippen LogP contribution >= 0.6 is 0 Å². The van der Waals surface area contributed by atoms with Crippen molar-refractivity contribution in [1.82, 2.24) is 0 Å². The zero-order valence-corrected chi connectivity index (χ0v) is 7.62. The van der Waals surface area contributed by atoms with Gasteiger partial charge in [0.2, 0.25) is 0 Å². The summed E-state index contributed by atoms with van der Waals surface area (Å²) in [6, 6.07) is 17.5. The summed E-state index contributed by atoms with van der Waals surface area (Å²) in [5.74, 6) is 0. The van der Waals surface area contributed by atoms with Gasteiger partial charge in [0.05, 0.1) is 0 Å². The third-order valence-corrected chi connectivity index (χ3v) is 3.21. The molecular weight excluding hydrogens is 168 g/mol. The van der Waals surface area contributed by atoms with E-state index >= 15 is 0 Å². The van der Waals surface area contributed by atoms with Crippen LogP contribution in [0.25, 0.3) is 32.3 Å². The number of fused-ring (bicyclic) bond motifs is 6. The number of hydrogen-bond donors (Lipinski definition) is 0. The summed E-state index contributed by atoms with van der Waals surface area (Å²) < 4.78 is 0. The molecule has 0 amide bonds. The zero-order chi connectivity index (χ0) is 9.12. The molecular formula is C14H8. The van der Waals surface area contributed by atoms with Crippen LogP contribution in [0.4, 0.5) is 0 Å². The summed E-state index contributed by atoms with van der Waals surface area (Å²) in [5.41, 5.74) is 0. The Morgan fingerprint density at radius 3 is 0.929 bits per heavy atom. The predicted octanol–water partition coefficient (Wildman–Crippen LogP) is 4.02. The smallest absolute Gasteiger partial charge is 0.00987 e. The van der Waals surface area contributed by atoms with Crippen molar-refractivity contribution in [3.63, 3.8) is 0 Å². The van der Waals surface area contributed by atoms with Gasteiger partial charge in [-0.25, -0.2) is 0 Å². The average Bonchev–Trinajstić information content (AvgIpc) is 2.12. The van der Waals surface area contributed by atoms with Gasteiger partial charge in [0.25, 0.3) is 0 Å². The van der Waals surface area contributed by atoms with Crippen LogP contribution in [0.5, 0.6) is 0 Å². The van der Waals surface area contributed by atoms with Gasteiger partial charge in [-0.05, 0) is 32.3 Å². The van der Waals surface area contributed by atoms with Crippen LogP contribution in [0, 0.1) is 0 Å². The van der Waals surface area contributed by atoms with E-state index in [9.17, 15) is 0 Å². The van der Waals surface area contributed by atoms with Gasteiger partial charge in [-0.15, -0.1) is 0 Å². The molecule has 0 saturated heterocycles. The lowest BCUT2D eigenvalue weighted by molar-refractivity contribution is 1.79. The van der Waals surface area contributed by atoms with Gasteiger partial charge in [0.15, 0.2) is 0 Å². The molecule has 0 aliphatic carbocycles. The largest absolute Gasteiger partial charge is 0.0616 e. The average molecular weight is 176 g/mol. The molecule has 4 aromatic carbocycles. The molecule has 0 bridgehead atoms. The molecule has 0 fully saturated rings. The Morgan fingerprint density at radius 2 is 0.643 bits per heavy atom. The fraction of sp³-hybridized carbons (Fsp3) is 0. The number of benzene rings is 2. The van der Waals surface area contributed by atoms with E-state index in [-0.39, 0.29) is 0 Å². The van der Waals surface area contributed by atoms with Crippen molar-refractivity contribution < 1.29 is 0 Å². The van der Waals surface area contributed by atoms with Crippen molar-refractivity contribution >= 4 is 32.3 Å². The van der Waals surface area contributed by atoms with Gasteiger partial charge in [0.1, 0.15) is 0 Å². The van der Waals surface area contributed by atoms with Crippen molar-refractivity contribution in [2.24, 2.45) is 0 Å². The van der Waals surface area contributed by atoms with Crippen molar-refractivity contribution in [3.8, 4) is 0 Å². The summed E-state index contributed by atoms with van der Waals surface area (Å²) in [5, 5.41) is 8.50. The Morgan fingerprint density at radius 1 is 0.357 bits per heavy atom. The minimum atomic E-state index is 1.40. The third kappa shape index (κ3) is 0.559. The van der Waals surface area contributed by atoms with Gasteiger partial charge in [0, 0.05) is 0 Å². The van der Waals surface area contributed by atoms with Crippen molar-refractivity contribution in [1.29, 1.82) is 0 Å². The first-order chi connectivity index (χ1) is 6.95. The standard InChI is InChI=1S/C14H8/c1-2-4-10-9(3-1)11-5-7-13(11)14-8-6-12(10)14/h1-8H. The lowest BCUT2D eigenvalue weighted by Gasteiger charge is -2.14. The van der Waals surface area contributed by atoms with Crippen molar-refractivity contribution in [2.45, 2.75) is 0 Å². The van der Waals surface area contributed by atoms with Crippen LogP contribution in [0.15, 0.2) is 48.5 Å². The van der Waals surface area contributed by atoms with E-state index in [0.717, 1.165) is 0 Å². The van der Waals surface area contributed by atoms with E-state index in [1.807, 2.05) is 0 Å². The summed E-state index contributed by atoms with van der Waals surface area (Å²) >= 11 is 0. The third-order valence-electron chi connectivity index (χ3n) is 3.21. The van der Waals surface area contributed by atoms with E-state index in [0.29, 0.717) is 0 Å². The molecule has 64 valence electrons. The van der Waals surface area contributed by atoms with E-state index < -0.39 is 0 Å². The molecule has 0 nitrogen and oxygen atoms in total. The monoisotopic (exact) mass is 176 g/mol. The highest BCUT2D eigenvalue weighted by Crippen LogP contribution is 2.38. The lowest BCUT2D eigenvalue weighted by Crippen LogP contribution is -1.86. The number of hydrogen-bond acceptors (Lipinski definition) is 0. The lowest BCUT2D eigenvalue weighted by atomic mass is 9.90. The molecule has 0 heteroatoms. The fourth-order valence-electron chi connectivity index (χ4n) is 2.39. The van der Waals surface area contributed by atoms with Gasteiger partial charge < -0.3 is 0 Å². The minimum Gasteiger partial charge on any atom is -0.0616 e. The minimum absolute atomic E-state index is 1.40. The molecule has 0 unspecified atom stereocenters. The zero-order valence-electron chi connectivity index (χ0n) is 7.62. The summed E-state index contributed by atoms with van der Waals surface area (Å²) in [6.45, 7) is 0. The summed E-state index contributed by atoms with van der Waals surface area (Å²) in [4.78, 5) is 0. The maximum Gasteiger partial charge on any atom is -0.00987 e. The van der Waals surface area contributed by atoms with Crippen LogP contribution in [0.1, 0.15) is 0 Å². The highest BCUT2D eigenvalue weighted by Gasteiger charge is 2.10. The quantitative estimate of drug-likeness (QED) is 0.379. The van der Waals surface area contributed by atoms with Gasteiger partial charge >= 0.3 is 0 Å². The normalized spacial score (nSPS) is 12.3. The molecule has 0 aliphatic rings. The van der Waals surface area contributed by atoms with Gasteiger partial charge in [-0.3, -0.25) is 0 Å². The highest BCUT2D eigenvalue weighted by atomic mass is 14.1. The van der Waals surface area contributed by atoms with E-state index in [1.54, 1.807) is 0 Å². The molecule has 4 aromatic rings. The maximum absolute atomic E-state index is 2.21. The first kappa shape index (κ1) is 6.61. The van der Waals surface area contributed by atoms with Crippen molar-refractivity contribution in [2.75, 3.05) is 0 Å². The topological polar surface area (TPSA) is 0 Å². The van der Waals surface area contributed by atoms with Crippen molar-refractivity contribution in [3.05, 3.63) is 48.5 Å². The summed E-state index contributed by atoms with van der Waals surface area (Å²) in [7, 11) is 0. The van der Waals surface area contributed by atoms with E-state index in [2.05, 4.69) is 48.5 Å². The maximum atomic E-state index is 2.21. The van der Waals surface area contributed by atoms with Crippen LogP contribution in [-0.2, 0) is 0 Å². The van der Waals surface area contributed by atoms with Gasteiger partial charge in [-0.2, -0.15) is 0 Å². The van der Waals surface area contributed by atoms with Crippen LogP contribution < -0.4 is 0 Å². The fourth-order valence-corrected chi connectivity index (χ4v) is 2.39. The van der Waals surface area contributed by atoms with Crippen LogP contribution in [0.3, 0.4) is 0 Å². The first-order valence-electron chi connectivity index (χ1n) is 4.90. The van der Waals surface area contributed by atoms with Gasteiger partial charge in [-0.1, -0.05) is 48.5 Å². The molecule has 0 atom stereocenters. The Balaban J connectivity index is 2.46. The predicted molar refractivity (Wildman–Crippen MR) is 61.3 cm³/mol. The molecule has 0 aliphatic heterocycles. The highest BCUT2D eigenvalue weighted by molar-refractivity contribution is 6.28. The first-order valence-corrected chi connectivity index (χ1v) is 4.90. The number of rotatable bonds is 0. The Bertz CT molecular complexity index is 658. The molecule has 0 N–H and O–H groups in total. The molecule has 0 saturated carbocycles. The molecule has 0 heterocycles. The molecule has 0 radical (unpaired) electrons. The van der Waals surface area contributed by atoms with Crippen LogP contribution in [0.2, 0.25) is 0 Å². The molecule has 4 rings (SSSR count). The second kappa shape index (κ2) is 1.98. The SMILES string of the molecule is c1ccc2c(c1)c1ccc1c1ccc21. The Kier molecular flexibility index (Phi) is 0.935. The molecule has 0 aromatic heterocycles. The van der Waals surface area contributed by atoms with E-state index in [4.69, 9.17) is 0 Å². The molecule has 14 heavy (non-hydrogen) atoms. The second-order valence-electron chi connectivity index (χ2n) is 3.87. The Labute approximate surface area is 81.4 Å². The second-order valence-corrected chi connectivity index (χ2v) is 3.87. The summed E-state index contributed by atoms with van der Waals surface area (Å²) in [6.07, 6.45) is 0. The van der Waals surface area contributed by atoms with E-state index in [1.165, 1.54) is 32.3 Å².